The zero-order valence-electron chi connectivity index (χ0n) is 15.4. The van der Waals surface area contributed by atoms with Gasteiger partial charge in [0, 0.05) is 32.8 Å². The Morgan fingerprint density at radius 3 is 2.55 bits per heavy atom. The van der Waals surface area contributed by atoms with E-state index in [0.29, 0.717) is 0 Å². The molecule has 0 aliphatic carbocycles. The summed E-state index contributed by atoms with van der Waals surface area (Å²) in [5.74, 6) is -0.531. The Balaban J connectivity index is 1.57. The van der Waals surface area contributed by atoms with Gasteiger partial charge in [0.1, 0.15) is 5.75 Å². The molecule has 6 heteroatoms. The topological polar surface area (TPSA) is 66.6 Å². The molecule has 0 aliphatic heterocycles. The monoisotopic (exact) mass is 495 g/mol. The molecule has 1 aromatic heterocycles. The van der Waals surface area contributed by atoms with Crippen molar-refractivity contribution < 1.29 is 9.90 Å². The van der Waals surface area contributed by atoms with E-state index in [0.717, 1.165) is 23.0 Å². The molecule has 0 spiro atoms. The highest BCUT2D eigenvalue weighted by Crippen LogP contribution is 2.22. The normalized spacial score (nSPS) is 11.2. The molecule has 2 N–H and O–H groups in total. The summed E-state index contributed by atoms with van der Waals surface area (Å²) < 4.78 is 3.38. The highest BCUT2D eigenvalue weighted by molar-refractivity contribution is 14.1. The lowest BCUT2D eigenvalue weighted by molar-refractivity contribution is 0.0952. The molecular formula is C23H18IN3O2. The lowest BCUT2D eigenvalue weighted by Gasteiger charge is -2.05. The number of rotatable bonds is 5. The quantitative estimate of drug-likeness (QED) is 0.238. The molecule has 4 aromatic rings. The molecule has 5 nitrogen and oxygen atoms in total. The lowest BCUT2D eigenvalue weighted by Crippen LogP contribution is -2.17. The number of fused-ring (bicyclic) bond motifs is 1. The average Bonchev–Trinajstić information content (AvgIpc) is 3.08. The zero-order valence-corrected chi connectivity index (χ0v) is 17.6. The van der Waals surface area contributed by atoms with Crippen LogP contribution in [-0.4, -0.2) is 21.8 Å². The number of nitrogens with zero attached hydrogens (tertiary/aromatic N) is 2. The number of halogens is 1. The molecule has 0 atom stereocenters. The maximum Gasteiger partial charge on any atom is 0.275 e. The molecule has 0 radical (unpaired) electrons. The first-order valence-corrected chi connectivity index (χ1v) is 10.1. The van der Waals surface area contributed by atoms with E-state index in [1.807, 2.05) is 24.4 Å². The minimum Gasteiger partial charge on any atom is -0.507 e. The Labute approximate surface area is 181 Å². The van der Waals surface area contributed by atoms with Crippen molar-refractivity contribution in [1.82, 2.24) is 9.99 Å². The number of para-hydroxylation sites is 2. The summed E-state index contributed by atoms with van der Waals surface area (Å²) in [4.78, 5) is 12.2. The largest absolute Gasteiger partial charge is 0.507 e. The first-order chi connectivity index (χ1) is 14.1. The summed E-state index contributed by atoms with van der Waals surface area (Å²) in [7, 11) is 0. The molecule has 1 amide bonds. The third-order valence-electron chi connectivity index (χ3n) is 4.60. The van der Waals surface area contributed by atoms with E-state index >= 15 is 0 Å². The van der Waals surface area contributed by atoms with Crippen LogP contribution in [0.25, 0.3) is 10.9 Å². The summed E-state index contributed by atoms with van der Waals surface area (Å²) in [6.45, 7) is 0.746. The van der Waals surface area contributed by atoms with Gasteiger partial charge in [0.05, 0.1) is 11.8 Å². The van der Waals surface area contributed by atoms with Crippen LogP contribution in [0.4, 0.5) is 0 Å². The van der Waals surface area contributed by atoms with Crippen molar-refractivity contribution in [2.75, 3.05) is 0 Å². The van der Waals surface area contributed by atoms with Crippen LogP contribution in [0.15, 0.2) is 84.1 Å². The van der Waals surface area contributed by atoms with Crippen LogP contribution in [0.5, 0.6) is 5.75 Å². The van der Waals surface area contributed by atoms with Crippen LogP contribution >= 0.6 is 22.6 Å². The van der Waals surface area contributed by atoms with Crippen molar-refractivity contribution in [2.45, 2.75) is 6.54 Å². The van der Waals surface area contributed by atoms with E-state index in [9.17, 15) is 9.90 Å². The van der Waals surface area contributed by atoms with Gasteiger partial charge < -0.3 is 9.67 Å². The van der Waals surface area contributed by atoms with Crippen LogP contribution in [0.3, 0.4) is 0 Å². The van der Waals surface area contributed by atoms with E-state index in [-0.39, 0.29) is 11.3 Å². The number of nitrogens with one attached hydrogen (secondary N) is 1. The maximum absolute atomic E-state index is 12.2. The number of hydrogen-bond acceptors (Lipinski definition) is 3. The molecule has 4 rings (SSSR count). The van der Waals surface area contributed by atoms with Gasteiger partial charge in [-0.3, -0.25) is 4.79 Å². The average molecular weight is 495 g/mol. The molecule has 0 fully saturated rings. The number of phenolic OH excluding ortho intramolecular Hbond substituents is 1. The second-order valence-corrected chi connectivity index (χ2v) is 7.82. The number of amides is 1. The number of hydrogen-bond donors (Lipinski definition) is 2. The third-order valence-corrected chi connectivity index (χ3v) is 5.32. The Morgan fingerprint density at radius 1 is 1.03 bits per heavy atom. The van der Waals surface area contributed by atoms with Crippen LogP contribution < -0.4 is 5.43 Å². The molecule has 0 bridgehead atoms. The summed E-state index contributed by atoms with van der Waals surface area (Å²) in [5, 5.41) is 14.9. The fraction of sp³-hybridized carbons (Fsp3) is 0.0435. The molecule has 0 saturated carbocycles. The van der Waals surface area contributed by atoms with Crippen LogP contribution in [-0.2, 0) is 6.54 Å². The van der Waals surface area contributed by atoms with E-state index in [1.165, 1.54) is 15.2 Å². The van der Waals surface area contributed by atoms with Crippen molar-refractivity contribution >= 4 is 45.6 Å². The SMILES string of the molecule is O=C(N/N=C\c1cn(Cc2ccc(I)cc2)c2ccccc12)c1ccccc1O. The van der Waals surface area contributed by atoms with Gasteiger partial charge in [0.25, 0.3) is 5.91 Å². The van der Waals surface area contributed by atoms with Crippen LogP contribution in [0, 0.1) is 3.57 Å². The highest BCUT2D eigenvalue weighted by Gasteiger charge is 2.10. The van der Waals surface area contributed by atoms with E-state index in [2.05, 4.69) is 68.0 Å². The summed E-state index contributed by atoms with van der Waals surface area (Å²) in [5.41, 5.74) is 5.88. The van der Waals surface area contributed by atoms with Gasteiger partial charge in [0.15, 0.2) is 0 Å². The number of aromatic hydroxyl groups is 1. The van der Waals surface area contributed by atoms with Crippen molar-refractivity contribution in [3.63, 3.8) is 0 Å². The fourth-order valence-electron chi connectivity index (χ4n) is 3.18. The Hall–Kier alpha value is -3.13. The van der Waals surface area contributed by atoms with Crippen LogP contribution in [0.2, 0.25) is 0 Å². The van der Waals surface area contributed by atoms with E-state index in [4.69, 9.17) is 0 Å². The van der Waals surface area contributed by atoms with Gasteiger partial charge in [-0.05, 0) is 58.5 Å². The summed E-state index contributed by atoms with van der Waals surface area (Å²) >= 11 is 2.30. The zero-order chi connectivity index (χ0) is 20.2. The minimum atomic E-state index is -0.457. The number of benzene rings is 3. The molecule has 1 heterocycles. The molecule has 0 unspecified atom stereocenters. The van der Waals surface area contributed by atoms with Crippen molar-refractivity contribution in [1.29, 1.82) is 0 Å². The maximum atomic E-state index is 12.2. The number of carbonyl (C=O) groups is 1. The van der Waals surface area contributed by atoms with Gasteiger partial charge in [0.2, 0.25) is 0 Å². The first-order valence-electron chi connectivity index (χ1n) is 9.05. The minimum absolute atomic E-state index is 0.0747. The third kappa shape index (κ3) is 4.32. The second-order valence-electron chi connectivity index (χ2n) is 6.57. The van der Waals surface area contributed by atoms with Gasteiger partial charge in [-0.25, -0.2) is 5.43 Å². The molecule has 144 valence electrons. The van der Waals surface area contributed by atoms with Crippen LogP contribution in [0.1, 0.15) is 21.5 Å². The van der Waals surface area contributed by atoms with E-state index in [1.54, 1.807) is 24.4 Å². The first kappa shape index (κ1) is 19.2. The standard InChI is InChI=1S/C23H18IN3O2/c24-18-11-9-16(10-12-18)14-27-15-17(19-5-1-3-7-21(19)27)13-25-26-23(29)20-6-2-4-8-22(20)28/h1-13,15,28H,14H2,(H,26,29)/b25-13-. The summed E-state index contributed by atoms with van der Waals surface area (Å²) in [6, 6.07) is 22.9. The Morgan fingerprint density at radius 2 is 1.76 bits per heavy atom. The fourth-order valence-corrected chi connectivity index (χ4v) is 3.54. The molecular weight excluding hydrogens is 477 g/mol. The molecule has 3 aromatic carbocycles. The van der Waals surface area contributed by atoms with Crippen molar-refractivity contribution in [3.05, 3.63) is 99.3 Å². The number of hydrazone groups is 1. The number of carbonyl (C=O) groups excluding carboxylic acids is 1. The number of phenols is 1. The van der Waals surface area contributed by atoms with Gasteiger partial charge >= 0.3 is 0 Å². The molecule has 0 saturated heterocycles. The predicted octanol–water partition coefficient (Wildman–Crippen LogP) is 4.76. The van der Waals surface area contributed by atoms with Gasteiger partial charge in [-0.15, -0.1) is 0 Å². The van der Waals surface area contributed by atoms with Crippen molar-refractivity contribution in [2.24, 2.45) is 5.10 Å². The number of aromatic nitrogens is 1. The predicted molar refractivity (Wildman–Crippen MR) is 123 cm³/mol. The molecule has 29 heavy (non-hydrogen) atoms. The Kier molecular flexibility index (Phi) is 5.62. The van der Waals surface area contributed by atoms with Crippen molar-refractivity contribution in [3.8, 4) is 5.75 Å². The highest BCUT2D eigenvalue weighted by atomic mass is 127. The smallest absolute Gasteiger partial charge is 0.275 e. The summed E-state index contributed by atoms with van der Waals surface area (Å²) in [6.07, 6.45) is 3.66. The Bertz CT molecular complexity index is 1200. The van der Waals surface area contributed by atoms with Gasteiger partial charge in [-0.2, -0.15) is 5.10 Å². The van der Waals surface area contributed by atoms with E-state index < -0.39 is 5.91 Å². The van der Waals surface area contributed by atoms with Gasteiger partial charge in [-0.1, -0.05) is 42.5 Å². The lowest BCUT2D eigenvalue weighted by atomic mass is 10.2. The molecule has 0 aliphatic rings. The second kappa shape index (κ2) is 8.48.